The topological polar surface area (TPSA) is 148 Å². The largest absolute Gasteiger partial charge is 0.494 e. The Balaban J connectivity index is 1.68. The van der Waals surface area contributed by atoms with Gasteiger partial charge in [0.2, 0.25) is 11.8 Å². The van der Waals surface area contributed by atoms with Crippen molar-refractivity contribution in [1.82, 2.24) is 15.2 Å². The Morgan fingerprint density at radius 2 is 1.97 bits per heavy atom. The lowest BCUT2D eigenvalue weighted by atomic mass is 10.0. The maximum atomic E-state index is 11.7. The Morgan fingerprint density at radius 1 is 1.23 bits per heavy atom. The summed E-state index contributed by atoms with van der Waals surface area (Å²) in [6.45, 7) is 6.32. The molecule has 10 heteroatoms. The second kappa shape index (κ2) is 9.21. The minimum absolute atomic E-state index is 0.152. The zero-order valence-corrected chi connectivity index (χ0v) is 18.1. The van der Waals surface area contributed by atoms with Gasteiger partial charge in [-0.05, 0) is 52.2 Å². The SMILES string of the molecule is CC(C)(C)NC(=O)OCCCNc1cccc2c(O)n(C3CCC(O)NC3O)c(O)c12. The van der Waals surface area contributed by atoms with Gasteiger partial charge >= 0.3 is 6.09 Å². The number of amides is 1. The van der Waals surface area contributed by atoms with Gasteiger partial charge in [-0.2, -0.15) is 0 Å². The number of fused-ring (bicyclic) bond motifs is 1. The Kier molecular flexibility index (Phi) is 6.83. The Bertz CT molecular complexity index is 923. The molecule has 3 rings (SSSR count). The molecule has 1 aromatic carbocycles. The molecule has 3 unspecified atom stereocenters. The number of carbonyl (C=O) groups is 1. The summed E-state index contributed by atoms with van der Waals surface area (Å²) in [5, 5.41) is 50.9. The van der Waals surface area contributed by atoms with E-state index in [-0.39, 0.29) is 23.9 Å². The molecule has 3 atom stereocenters. The number of aromatic nitrogens is 1. The van der Waals surface area contributed by atoms with Crippen molar-refractivity contribution in [2.45, 2.75) is 64.1 Å². The van der Waals surface area contributed by atoms with E-state index in [1.54, 1.807) is 18.2 Å². The molecule has 31 heavy (non-hydrogen) atoms. The third-order valence-electron chi connectivity index (χ3n) is 5.13. The first-order chi connectivity index (χ1) is 14.6. The summed E-state index contributed by atoms with van der Waals surface area (Å²) < 4.78 is 6.44. The number of nitrogens with one attached hydrogen (secondary N) is 3. The van der Waals surface area contributed by atoms with Crippen LogP contribution in [0.2, 0.25) is 0 Å². The molecular formula is C21H32N4O6. The van der Waals surface area contributed by atoms with Crippen LogP contribution in [-0.2, 0) is 4.74 Å². The third kappa shape index (κ3) is 5.33. The minimum Gasteiger partial charge on any atom is -0.494 e. The molecule has 1 aromatic heterocycles. The lowest BCUT2D eigenvalue weighted by Gasteiger charge is -2.33. The molecule has 0 saturated carbocycles. The van der Waals surface area contributed by atoms with E-state index >= 15 is 0 Å². The van der Waals surface area contributed by atoms with Crippen molar-refractivity contribution in [3.63, 3.8) is 0 Å². The number of benzene rings is 1. The second-order valence-electron chi connectivity index (χ2n) is 8.81. The molecule has 1 saturated heterocycles. The first-order valence-corrected chi connectivity index (χ1v) is 10.4. The zero-order valence-electron chi connectivity index (χ0n) is 18.1. The summed E-state index contributed by atoms with van der Waals surface area (Å²) in [6.07, 6.45) is -1.11. The Labute approximate surface area is 180 Å². The lowest BCUT2D eigenvalue weighted by molar-refractivity contribution is -0.0305. The highest BCUT2D eigenvalue weighted by molar-refractivity contribution is 6.02. The maximum absolute atomic E-state index is 11.7. The van der Waals surface area contributed by atoms with E-state index in [2.05, 4.69) is 16.0 Å². The number of aliphatic hydroxyl groups excluding tert-OH is 2. The quantitative estimate of drug-likeness (QED) is 0.340. The van der Waals surface area contributed by atoms with Crippen LogP contribution < -0.4 is 16.0 Å². The molecule has 2 heterocycles. The zero-order chi connectivity index (χ0) is 22.8. The van der Waals surface area contributed by atoms with Crippen LogP contribution in [0, 0.1) is 0 Å². The van der Waals surface area contributed by atoms with Crippen LogP contribution in [0.25, 0.3) is 10.8 Å². The summed E-state index contributed by atoms with van der Waals surface area (Å²) in [5.74, 6) is -0.320. The fourth-order valence-electron chi connectivity index (χ4n) is 3.74. The predicted octanol–water partition coefficient (Wildman–Crippen LogP) is 1.94. The number of ether oxygens (including phenoxy) is 1. The molecule has 0 aliphatic carbocycles. The molecule has 1 fully saturated rings. The van der Waals surface area contributed by atoms with E-state index in [9.17, 15) is 25.2 Å². The van der Waals surface area contributed by atoms with Crippen molar-refractivity contribution in [3.05, 3.63) is 18.2 Å². The van der Waals surface area contributed by atoms with Crippen molar-refractivity contribution < 1.29 is 30.0 Å². The van der Waals surface area contributed by atoms with Gasteiger partial charge in [-0.25, -0.2) is 4.79 Å². The molecule has 7 N–H and O–H groups in total. The standard InChI is InChI=1S/C21H32N4O6/c1-21(2,3)24-20(30)31-11-5-10-22-13-7-4-6-12-16(13)19(29)25(18(12)28)14-8-9-15(26)23-17(14)27/h4,6-7,14-15,17,22-23,26-29H,5,8-11H2,1-3H3,(H,24,30). The average molecular weight is 437 g/mol. The van der Waals surface area contributed by atoms with E-state index in [1.807, 2.05) is 20.8 Å². The van der Waals surface area contributed by atoms with Crippen LogP contribution in [0.3, 0.4) is 0 Å². The molecule has 10 nitrogen and oxygen atoms in total. The van der Waals surface area contributed by atoms with E-state index < -0.39 is 24.6 Å². The van der Waals surface area contributed by atoms with Crippen LogP contribution in [-0.4, -0.2) is 62.2 Å². The van der Waals surface area contributed by atoms with Crippen LogP contribution >= 0.6 is 0 Å². The first-order valence-electron chi connectivity index (χ1n) is 10.4. The summed E-state index contributed by atoms with van der Waals surface area (Å²) in [7, 11) is 0. The molecule has 0 bridgehead atoms. The molecule has 0 radical (unpaired) electrons. The van der Waals surface area contributed by atoms with Gasteiger partial charge in [-0.3, -0.25) is 9.88 Å². The van der Waals surface area contributed by atoms with E-state index in [4.69, 9.17) is 4.74 Å². The fourth-order valence-corrected chi connectivity index (χ4v) is 3.74. The molecule has 0 spiro atoms. The predicted molar refractivity (Wildman–Crippen MR) is 116 cm³/mol. The number of alkyl carbamates (subject to hydrolysis) is 1. The maximum Gasteiger partial charge on any atom is 0.407 e. The number of rotatable bonds is 6. The summed E-state index contributed by atoms with van der Waals surface area (Å²) in [5.41, 5.74) is 0.249. The number of hydrogen-bond donors (Lipinski definition) is 7. The van der Waals surface area contributed by atoms with Crippen molar-refractivity contribution in [2.24, 2.45) is 0 Å². The average Bonchev–Trinajstić information content (AvgIpc) is 2.92. The third-order valence-corrected chi connectivity index (χ3v) is 5.13. The molecule has 2 aromatic rings. The highest BCUT2D eigenvalue weighted by atomic mass is 16.5. The van der Waals surface area contributed by atoms with Gasteiger partial charge < -0.3 is 35.8 Å². The van der Waals surface area contributed by atoms with Crippen LogP contribution in [0.5, 0.6) is 11.8 Å². The van der Waals surface area contributed by atoms with Crippen molar-refractivity contribution in [2.75, 3.05) is 18.5 Å². The van der Waals surface area contributed by atoms with E-state index in [1.165, 1.54) is 4.57 Å². The number of anilines is 1. The van der Waals surface area contributed by atoms with Gasteiger partial charge in [0.15, 0.2) is 0 Å². The molecule has 1 aliphatic rings. The van der Waals surface area contributed by atoms with Gasteiger partial charge in [0.25, 0.3) is 0 Å². The molecular weight excluding hydrogens is 404 g/mol. The minimum atomic E-state index is -1.12. The van der Waals surface area contributed by atoms with E-state index in [0.717, 1.165) is 0 Å². The second-order valence-corrected chi connectivity index (χ2v) is 8.81. The molecule has 1 aliphatic heterocycles. The summed E-state index contributed by atoms with van der Waals surface area (Å²) in [6, 6.07) is 4.58. The van der Waals surface area contributed by atoms with Crippen LogP contribution in [0.15, 0.2) is 18.2 Å². The first kappa shape index (κ1) is 23.0. The number of piperidine rings is 1. The summed E-state index contributed by atoms with van der Waals surface area (Å²) in [4.78, 5) is 11.7. The Hall–Kier alpha value is -2.69. The normalized spacial score (nSPS) is 21.8. The van der Waals surface area contributed by atoms with Crippen molar-refractivity contribution in [3.8, 4) is 11.8 Å². The highest BCUT2D eigenvalue weighted by Gasteiger charge is 2.33. The monoisotopic (exact) mass is 436 g/mol. The smallest absolute Gasteiger partial charge is 0.407 e. The molecule has 1 amide bonds. The number of aliphatic hydroxyl groups is 2. The van der Waals surface area contributed by atoms with Crippen LogP contribution in [0.4, 0.5) is 10.5 Å². The Morgan fingerprint density at radius 3 is 2.65 bits per heavy atom. The number of aromatic hydroxyl groups is 2. The number of nitrogens with zero attached hydrogens (tertiary/aromatic N) is 1. The van der Waals surface area contributed by atoms with Gasteiger partial charge in [0.1, 0.15) is 12.5 Å². The van der Waals surface area contributed by atoms with E-state index in [0.29, 0.717) is 42.3 Å². The lowest BCUT2D eigenvalue weighted by Crippen LogP contribution is -2.47. The van der Waals surface area contributed by atoms with Crippen molar-refractivity contribution >= 4 is 22.6 Å². The van der Waals surface area contributed by atoms with Gasteiger partial charge in [-0.1, -0.05) is 6.07 Å². The summed E-state index contributed by atoms with van der Waals surface area (Å²) >= 11 is 0. The number of hydrogen-bond acceptors (Lipinski definition) is 8. The fraction of sp³-hybridized carbons (Fsp3) is 0.571. The van der Waals surface area contributed by atoms with Gasteiger partial charge in [0, 0.05) is 23.2 Å². The van der Waals surface area contributed by atoms with Gasteiger partial charge in [0.05, 0.1) is 18.0 Å². The van der Waals surface area contributed by atoms with Crippen LogP contribution in [0.1, 0.15) is 46.1 Å². The van der Waals surface area contributed by atoms with Gasteiger partial charge in [-0.15, -0.1) is 0 Å². The number of carbonyl (C=O) groups excluding carboxylic acids is 1. The molecule has 172 valence electrons. The van der Waals surface area contributed by atoms with Crippen molar-refractivity contribution in [1.29, 1.82) is 0 Å². The highest BCUT2D eigenvalue weighted by Crippen LogP contribution is 2.44.